The van der Waals surface area contributed by atoms with Gasteiger partial charge in [-0.2, -0.15) is 9.61 Å². The zero-order chi connectivity index (χ0) is 22.8. The predicted octanol–water partition coefficient (Wildman–Crippen LogP) is 1.92. The molecule has 1 aliphatic rings. The molecule has 9 nitrogen and oxygen atoms in total. The summed E-state index contributed by atoms with van der Waals surface area (Å²) in [6, 6.07) is 21.0. The average Bonchev–Trinajstić information content (AvgIpc) is 3.19. The second-order valence-corrected chi connectivity index (χ2v) is 7.83. The molecule has 0 spiro atoms. The van der Waals surface area contributed by atoms with E-state index in [9.17, 15) is 9.59 Å². The van der Waals surface area contributed by atoms with Crippen molar-refractivity contribution in [2.45, 2.75) is 6.54 Å². The Morgan fingerprint density at radius 2 is 1.64 bits per heavy atom. The van der Waals surface area contributed by atoms with Gasteiger partial charge in [-0.3, -0.25) is 4.79 Å². The van der Waals surface area contributed by atoms with Gasteiger partial charge in [0.2, 0.25) is 5.91 Å². The molecule has 33 heavy (non-hydrogen) atoms. The molecule has 2 aromatic heterocycles. The quantitative estimate of drug-likeness (QED) is 0.468. The van der Waals surface area contributed by atoms with E-state index in [1.165, 1.54) is 9.20 Å². The molecule has 1 fully saturated rings. The average molecular weight is 444 g/mol. The van der Waals surface area contributed by atoms with Gasteiger partial charge < -0.3 is 14.5 Å². The molecule has 1 aliphatic heterocycles. The molecule has 0 unspecified atom stereocenters. The highest BCUT2D eigenvalue weighted by Gasteiger charge is 2.24. The lowest BCUT2D eigenvalue weighted by molar-refractivity contribution is -0.132. The topological polar surface area (TPSA) is 85.0 Å². The van der Waals surface area contributed by atoms with Crippen molar-refractivity contribution in [2.75, 3.05) is 38.2 Å². The van der Waals surface area contributed by atoms with E-state index in [1.54, 1.807) is 18.1 Å². The minimum absolute atomic E-state index is 0.114. The van der Waals surface area contributed by atoms with Gasteiger partial charge in [-0.1, -0.05) is 42.5 Å². The summed E-state index contributed by atoms with van der Waals surface area (Å²) in [6.07, 6.45) is 0. The Balaban J connectivity index is 1.29. The van der Waals surface area contributed by atoms with Crippen LogP contribution in [0.15, 0.2) is 71.5 Å². The lowest BCUT2D eigenvalue weighted by Crippen LogP contribution is -2.50. The highest BCUT2D eigenvalue weighted by atomic mass is 16.5. The zero-order valence-corrected chi connectivity index (χ0v) is 18.3. The largest absolute Gasteiger partial charge is 0.495 e. The predicted molar refractivity (Wildman–Crippen MR) is 124 cm³/mol. The van der Waals surface area contributed by atoms with E-state index in [1.807, 2.05) is 60.7 Å². The first-order valence-electron chi connectivity index (χ1n) is 10.8. The number of rotatable bonds is 5. The molecule has 1 amide bonds. The maximum absolute atomic E-state index is 12.9. The maximum Gasteiger partial charge on any atom is 0.367 e. The highest BCUT2D eigenvalue weighted by molar-refractivity contribution is 5.76. The van der Waals surface area contributed by atoms with Crippen LogP contribution in [0.25, 0.3) is 16.9 Å². The van der Waals surface area contributed by atoms with Crippen LogP contribution in [-0.4, -0.2) is 63.5 Å². The van der Waals surface area contributed by atoms with E-state index in [2.05, 4.69) is 15.1 Å². The molecule has 9 heteroatoms. The van der Waals surface area contributed by atoms with E-state index < -0.39 is 5.69 Å². The molecule has 3 heterocycles. The fourth-order valence-corrected chi connectivity index (χ4v) is 4.09. The number of carbonyl (C=O) groups is 1. The monoisotopic (exact) mass is 444 g/mol. The van der Waals surface area contributed by atoms with Gasteiger partial charge in [-0.05, 0) is 24.3 Å². The van der Waals surface area contributed by atoms with Gasteiger partial charge in [-0.25, -0.2) is 9.48 Å². The van der Waals surface area contributed by atoms with E-state index in [-0.39, 0.29) is 12.5 Å². The minimum atomic E-state index is -0.427. The standard InChI is InChI=1S/C24H24N6O3/c1-33-21-10-6-5-9-20(21)27-13-15-28(16-14-27)23(31)17-29-24(32)30-22(26-29)12-11-19(25-30)18-7-3-2-4-8-18/h2-12H,13-17H2,1H3. The number of carbonyl (C=O) groups excluding carboxylic acids is 1. The Morgan fingerprint density at radius 3 is 2.39 bits per heavy atom. The number of fused-ring (bicyclic) bond motifs is 1. The Morgan fingerprint density at radius 1 is 0.909 bits per heavy atom. The molecule has 168 valence electrons. The molecule has 0 bridgehead atoms. The molecule has 0 aliphatic carbocycles. The maximum atomic E-state index is 12.9. The van der Waals surface area contributed by atoms with E-state index >= 15 is 0 Å². The number of amides is 1. The summed E-state index contributed by atoms with van der Waals surface area (Å²) in [5.74, 6) is 0.680. The molecule has 2 aromatic carbocycles. The van der Waals surface area contributed by atoms with E-state index in [0.717, 1.165) is 17.0 Å². The first-order valence-corrected chi connectivity index (χ1v) is 10.8. The third-order valence-corrected chi connectivity index (χ3v) is 5.85. The number of aromatic nitrogens is 4. The van der Waals surface area contributed by atoms with Crippen molar-refractivity contribution in [3.8, 4) is 17.0 Å². The number of ether oxygens (including phenoxy) is 1. The van der Waals surface area contributed by atoms with Crippen molar-refractivity contribution in [3.05, 3.63) is 77.2 Å². The Kier molecular flexibility index (Phi) is 5.52. The van der Waals surface area contributed by atoms with Crippen molar-refractivity contribution in [3.63, 3.8) is 0 Å². The summed E-state index contributed by atoms with van der Waals surface area (Å²) in [5, 5.41) is 8.72. The number of piperazine rings is 1. The summed E-state index contributed by atoms with van der Waals surface area (Å²) in [6.45, 7) is 2.39. The van der Waals surface area contributed by atoms with Gasteiger partial charge in [0.15, 0.2) is 5.65 Å². The Hall–Kier alpha value is -4.14. The number of hydrogen-bond donors (Lipinski definition) is 0. The van der Waals surface area contributed by atoms with Crippen LogP contribution in [0, 0.1) is 0 Å². The first kappa shape index (κ1) is 20.7. The van der Waals surface area contributed by atoms with Crippen LogP contribution in [0.4, 0.5) is 5.69 Å². The van der Waals surface area contributed by atoms with Crippen LogP contribution < -0.4 is 15.3 Å². The van der Waals surface area contributed by atoms with Gasteiger partial charge in [0, 0.05) is 31.7 Å². The Labute approximate surface area is 190 Å². The lowest BCUT2D eigenvalue weighted by Gasteiger charge is -2.36. The van der Waals surface area contributed by atoms with Gasteiger partial charge in [0.05, 0.1) is 18.5 Å². The fraction of sp³-hybridized carbons (Fsp3) is 0.250. The summed E-state index contributed by atoms with van der Waals surface area (Å²) >= 11 is 0. The van der Waals surface area contributed by atoms with Crippen molar-refractivity contribution in [2.24, 2.45) is 0 Å². The summed E-state index contributed by atoms with van der Waals surface area (Å²) in [7, 11) is 1.66. The summed E-state index contributed by atoms with van der Waals surface area (Å²) in [4.78, 5) is 29.7. The Bertz CT molecular complexity index is 1340. The molecule has 0 radical (unpaired) electrons. The van der Waals surface area contributed by atoms with Crippen molar-refractivity contribution < 1.29 is 9.53 Å². The summed E-state index contributed by atoms with van der Waals surface area (Å²) < 4.78 is 7.89. The smallest absolute Gasteiger partial charge is 0.367 e. The van der Waals surface area contributed by atoms with E-state index in [0.29, 0.717) is 37.5 Å². The van der Waals surface area contributed by atoms with Crippen molar-refractivity contribution in [1.29, 1.82) is 0 Å². The van der Waals surface area contributed by atoms with Crippen molar-refractivity contribution >= 4 is 17.2 Å². The number of anilines is 1. The van der Waals surface area contributed by atoms with E-state index in [4.69, 9.17) is 4.74 Å². The molecule has 0 N–H and O–H groups in total. The van der Waals surface area contributed by atoms with Crippen LogP contribution >= 0.6 is 0 Å². The third-order valence-electron chi connectivity index (χ3n) is 5.85. The highest BCUT2D eigenvalue weighted by Crippen LogP contribution is 2.28. The molecule has 5 rings (SSSR count). The minimum Gasteiger partial charge on any atom is -0.495 e. The number of methoxy groups -OCH3 is 1. The SMILES string of the molecule is COc1ccccc1N1CCN(C(=O)Cn2nc3ccc(-c4ccccc4)nn3c2=O)CC1. The van der Waals surface area contributed by atoms with Crippen LogP contribution in [0.3, 0.4) is 0 Å². The van der Waals surface area contributed by atoms with Crippen LogP contribution in [0.2, 0.25) is 0 Å². The molecular weight excluding hydrogens is 420 g/mol. The second-order valence-electron chi connectivity index (χ2n) is 7.83. The lowest BCUT2D eigenvalue weighted by atomic mass is 10.1. The normalized spacial score (nSPS) is 14.0. The third kappa shape index (κ3) is 4.05. The number of para-hydroxylation sites is 2. The zero-order valence-electron chi connectivity index (χ0n) is 18.3. The van der Waals surface area contributed by atoms with Gasteiger partial charge in [0.1, 0.15) is 12.3 Å². The second kappa shape index (κ2) is 8.78. The van der Waals surface area contributed by atoms with Gasteiger partial charge >= 0.3 is 5.69 Å². The van der Waals surface area contributed by atoms with Crippen LogP contribution in [0.5, 0.6) is 5.75 Å². The van der Waals surface area contributed by atoms with Gasteiger partial charge in [0.25, 0.3) is 0 Å². The van der Waals surface area contributed by atoms with Crippen LogP contribution in [0.1, 0.15) is 0 Å². The fourth-order valence-electron chi connectivity index (χ4n) is 4.09. The van der Waals surface area contributed by atoms with Gasteiger partial charge in [-0.15, -0.1) is 5.10 Å². The molecular formula is C24H24N6O3. The number of hydrogen-bond acceptors (Lipinski definition) is 6. The first-order chi connectivity index (χ1) is 16.1. The number of benzene rings is 2. The molecule has 4 aromatic rings. The van der Waals surface area contributed by atoms with Crippen molar-refractivity contribution in [1.82, 2.24) is 24.3 Å². The molecule has 0 atom stereocenters. The molecule has 0 saturated carbocycles. The number of nitrogens with zero attached hydrogens (tertiary/aromatic N) is 6. The molecule has 1 saturated heterocycles. The van der Waals surface area contributed by atoms with Crippen LogP contribution in [-0.2, 0) is 11.3 Å². The summed E-state index contributed by atoms with van der Waals surface area (Å²) in [5.41, 5.74) is 2.58.